The summed E-state index contributed by atoms with van der Waals surface area (Å²) in [6.45, 7) is 2.16. The topological polar surface area (TPSA) is 59.2 Å². The molecule has 0 bridgehead atoms. The minimum absolute atomic E-state index is 0.142. The standard InChI is InChI=1S/C20H19N3O/c21-20(24)16-7-8-17-15(13-16)9-10-22-18(17)19(23-11-4-12-23)14-5-2-1-3-6-14/h1-3,5-10,13,19H,4,11-12H2,(H2,21,24). The van der Waals surface area contributed by atoms with Crippen molar-refractivity contribution in [1.29, 1.82) is 0 Å². The van der Waals surface area contributed by atoms with Crippen LogP contribution in [0.4, 0.5) is 0 Å². The van der Waals surface area contributed by atoms with Gasteiger partial charge in [-0.25, -0.2) is 0 Å². The molecule has 1 fully saturated rings. The molecule has 1 aliphatic heterocycles. The molecule has 4 rings (SSSR count). The smallest absolute Gasteiger partial charge is 0.248 e. The van der Waals surface area contributed by atoms with Gasteiger partial charge >= 0.3 is 0 Å². The zero-order valence-electron chi connectivity index (χ0n) is 13.4. The average Bonchev–Trinajstić information content (AvgIpc) is 2.57. The summed E-state index contributed by atoms with van der Waals surface area (Å²) in [7, 11) is 0. The van der Waals surface area contributed by atoms with Crippen molar-refractivity contribution in [1.82, 2.24) is 9.88 Å². The van der Waals surface area contributed by atoms with Crippen LogP contribution in [0, 0.1) is 0 Å². The Balaban J connectivity index is 1.87. The van der Waals surface area contributed by atoms with E-state index in [1.807, 2.05) is 30.5 Å². The fraction of sp³-hybridized carbons (Fsp3) is 0.200. The molecule has 2 heterocycles. The third kappa shape index (κ3) is 2.55. The number of benzene rings is 2. The van der Waals surface area contributed by atoms with Crippen LogP contribution >= 0.6 is 0 Å². The second-order valence-corrected chi connectivity index (χ2v) is 6.20. The summed E-state index contributed by atoms with van der Waals surface area (Å²) < 4.78 is 0. The summed E-state index contributed by atoms with van der Waals surface area (Å²) in [5, 5.41) is 2.07. The molecule has 1 saturated heterocycles. The zero-order valence-corrected chi connectivity index (χ0v) is 13.4. The van der Waals surface area contributed by atoms with E-state index in [4.69, 9.17) is 10.7 Å². The second kappa shape index (κ2) is 6.06. The number of nitrogens with two attached hydrogens (primary N) is 1. The lowest BCUT2D eigenvalue weighted by molar-refractivity contribution is 0.100. The molecule has 24 heavy (non-hydrogen) atoms. The van der Waals surface area contributed by atoms with Crippen LogP contribution < -0.4 is 5.73 Å². The monoisotopic (exact) mass is 317 g/mol. The quantitative estimate of drug-likeness (QED) is 0.804. The van der Waals surface area contributed by atoms with E-state index in [1.54, 1.807) is 6.07 Å². The molecule has 4 nitrogen and oxygen atoms in total. The molecular weight excluding hydrogens is 298 g/mol. The number of pyridine rings is 1. The number of amides is 1. The molecule has 0 radical (unpaired) electrons. The summed E-state index contributed by atoms with van der Waals surface area (Å²) in [4.78, 5) is 18.6. The van der Waals surface area contributed by atoms with Gasteiger partial charge in [0.2, 0.25) is 5.91 Å². The lowest BCUT2D eigenvalue weighted by Crippen LogP contribution is -2.41. The predicted octanol–water partition coefficient (Wildman–Crippen LogP) is 3.13. The summed E-state index contributed by atoms with van der Waals surface area (Å²) in [5.41, 5.74) is 8.22. The van der Waals surface area contributed by atoms with Crippen LogP contribution in [0.15, 0.2) is 60.8 Å². The number of hydrogen-bond acceptors (Lipinski definition) is 3. The Bertz CT molecular complexity index is 888. The van der Waals surface area contributed by atoms with Crippen molar-refractivity contribution in [3.05, 3.63) is 77.6 Å². The molecule has 0 spiro atoms. The Labute approximate surface area is 140 Å². The number of primary amides is 1. The van der Waals surface area contributed by atoms with E-state index in [1.165, 1.54) is 12.0 Å². The van der Waals surface area contributed by atoms with Crippen LogP contribution in [-0.4, -0.2) is 28.9 Å². The fourth-order valence-corrected chi connectivity index (χ4v) is 3.35. The SMILES string of the molecule is NC(=O)c1ccc2c(C(c3ccccc3)N3CCC3)nccc2c1. The van der Waals surface area contributed by atoms with Gasteiger partial charge in [0.25, 0.3) is 0 Å². The van der Waals surface area contributed by atoms with Gasteiger partial charge in [-0.3, -0.25) is 14.7 Å². The number of aromatic nitrogens is 1. The van der Waals surface area contributed by atoms with Gasteiger partial charge in [0.15, 0.2) is 0 Å². The van der Waals surface area contributed by atoms with Crippen molar-refractivity contribution in [2.75, 3.05) is 13.1 Å². The van der Waals surface area contributed by atoms with Gasteiger partial charge in [0.05, 0.1) is 11.7 Å². The minimum atomic E-state index is -0.405. The number of hydrogen-bond donors (Lipinski definition) is 1. The van der Waals surface area contributed by atoms with E-state index < -0.39 is 5.91 Å². The number of carbonyl (C=O) groups is 1. The first-order valence-electron chi connectivity index (χ1n) is 8.21. The number of rotatable bonds is 4. The molecule has 3 aromatic rings. The van der Waals surface area contributed by atoms with Crippen molar-refractivity contribution < 1.29 is 4.79 Å². The van der Waals surface area contributed by atoms with E-state index in [2.05, 4.69) is 29.2 Å². The molecule has 2 aromatic carbocycles. The first kappa shape index (κ1) is 14.8. The molecule has 0 aliphatic carbocycles. The van der Waals surface area contributed by atoms with Crippen molar-refractivity contribution in [3.8, 4) is 0 Å². The van der Waals surface area contributed by atoms with E-state index in [9.17, 15) is 4.79 Å². The van der Waals surface area contributed by atoms with Crippen LogP contribution in [0.2, 0.25) is 0 Å². The van der Waals surface area contributed by atoms with E-state index in [0.29, 0.717) is 5.56 Å². The van der Waals surface area contributed by atoms with Crippen molar-refractivity contribution in [2.24, 2.45) is 5.73 Å². The van der Waals surface area contributed by atoms with Gasteiger partial charge in [0.1, 0.15) is 0 Å². The van der Waals surface area contributed by atoms with Gasteiger partial charge < -0.3 is 5.73 Å². The average molecular weight is 317 g/mol. The third-order valence-electron chi connectivity index (χ3n) is 4.71. The van der Waals surface area contributed by atoms with E-state index in [-0.39, 0.29) is 6.04 Å². The molecule has 0 saturated carbocycles. The van der Waals surface area contributed by atoms with Crippen LogP contribution in [-0.2, 0) is 0 Å². The van der Waals surface area contributed by atoms with Gasteiger partial charge in [-0.1, -0.05) is 36.4 Å². The van der Waals surface area contributed by atoms with Crippen molar-refractivity contribution in [2.45, 2.75) is 12.5 Å². The molecule has 1 aromatic heterocycles. The Morgan fingerprint density at radius 1 is 1.08 bits per heavy atom. The zero-order chi connectivity index (χ0) is 16.5. The molecular formula is C20H19N3O. The first-order valence-corrected chi connectivity index (χ1v) is 8.21. The molecule has 1 amide bonds. The Kier molecular flexibility index (Phi) is 3.75. The highest BCUT2D eigenvalue weighted by Crippen LogP contribution is 2.34. The normalized spacial score (nSPS) is 15.8. The maximum absolute atomic E-state index is 11.4. The summed E-state index contributed by atoms with van der Waals surface area (Å²) in [6.07, 6.45) is 3.04. The Morgan fingerprint density at radius 2 is 1.88 bits per heavy atom. The molecule has 120 valence electrons. The summed E-state index contributed by atoms with van der Waals surface area (Å²) >= 11 is 0. The highest BCUT2D eigenvalue weighted by molar-refractivity contribution is 5.98. The lowest BCUT2D eigenvalue weighted by Gasteiger charge is -2.38. The van der Waals surface area contributed by atoms with Gasteiger partial charge in [-0.15, -0.1) is 0 Å². The van der Waals surface area contributed by atoms with Crippen molar-refractivity contribution in [3.63, 3.8) is 0 Å². The largest absolute Gasteiger partial charge is 0.366 e. The van der Waals surface area contributed by atoms with Crippen LogP contribution in [0.5, 0.6) is 0 Å². The highest BCUT2D eigenvalue weighted by Gasteiger charge is 2.29. The maximum Gasteiger partial charge on any atom is 0.248 e. The fourth-order valence-electron chi connectivity index (χ4n) is 3.35. The number of nitrogens with zero attached hydrogens (tertiary/aromatic N) is 2. The van der Waals surface area contributed by atoms with E-state index >= 15 is 0 Å². The maximum atomic E-state index is 11.4. The molecule has 4 heteroatoms. The van der Waals surface area contributed by atoms with Crippen LogP contribution in [0.1, 0.15) is 34.1 Å². The highest BCUT2D eigenvalue weighted by atomic mass is 16.1. The van der Waals surface area contributed by atoms with Crippen LogP contribution in [0.25, 0.3) is 10.8 Å². The number of fused-ring (bicyclic) bond motifs is 1. The minimum Gasteiger partial charge on any atom is -0.366 e. The predicted molar refractivity (Wildman–Crippen MR) is 94.7 cm³/mol. The first-order chi connectivity index (χ1) is 11.7. The molecule has 1 atom stereocenters. The summed E-state index contributed by atoms with van der Waals surface area (Å²) in [6, 6.07) is 18.2. The second-order valence-electron chi connectivity index (χ2n) is 6.20. The third-order valence-corrected chi connectivity index (χ3v) is 4.71. The molecule has 2 N–H and O–H groups in total. The Hall–Kier alpha value is -2.72. The summed E-state index contributed by atoms with van der Waals surface area (Å²) in [5.74, 6) is -0.405. The number of carbonyl (C=O) groups excluding carboxylic acids is 1. The van der Waals surface area contributed by atoms with Gasteiger partial charge in [-0.2, -0.15) is 0 Å². The lowest BCUT2D eigenvalue weighted by atomic mass is 9.94. The van der Waals surface area contributed by atoms with Crippen LogP contribution in [0.3, 0.4) is 0 Å². The van der Waals surface area contributed by atoms with Gasteiger partial charge in [0, 0.05) is 30.2 Å². The van der Waals surface area contributed by atoms with Crippen molar-refractivity contribution >= 4 is 16.7 Å². The van der Waals surface area contributed by atoms with E-state index in [0.717, 1.165) is 29.6 Å². The molecule has 1 unspecified atom stereocenters. The van der Waals surface area contributed by atoms with Gasteiger partial charge in [-0.05, 0) is 35.6 Å². The Morgan fingerprint density at radius 3 is 2.54 bits per heavy atom. The molecule has 1 aliphatic rings. The number of likely N-dealkylation sites (tertiary alicyclic amines) is 1.